The van der Waals surface area contributed by atoms with Crippen LogP contribution < -0.4 is 0 Å². The van der Waals surface area contributed by atoms with Gasteiger partial charge < -0.3 is 0 Å². The molecule has 19 heavy (non-hydrogen) atoms. The van der Waals surface area contributed by atoms with E-state index < -0.39 is 0 Å². The summed E-state index contributed by atoms with van der Waals surface area (Å²) in [6.45, 7) is 5.37. The zero-order valence-corrected chi connectivity index (χ0v) is 12.9. The second-order valence-corrected chi connectivity index (χ2v) is 9.51. The first kappa shape index (κ1) is 11.6. The molecule has 2 unspecified atom stereocenters. The molecule has 5 saturated carbocycles. The molecule has 0 bridgehead atoms. The molecular weight excluding hydrogens is 228 g/mol. The van der Waals surface area contributed by atoms with Crippen LogP contribution in [0, 0.1) is 39.9 Å². The molecule has 7 atom stereocenters. The van der Waals surface area contributed by atoms with E-state index in [-0.39, 0.29) is 0 Å². The van der Waals surface area contributed by atoms with Crippen molar-refractivity contribution in [2.45, 2.75) is 78.1 Å². The second-order valence-electron chi connectivity index (χ2n) is 9.51. The van der Waals surface area contributed by atoms with Gasteiger partial charge in [-0.2, -0.15) is 0 Å². The summed E-state index contributed by atoms with van der Waals surface area (Å²) in [5, 5.41) is 0. The van der Waals surface area contributed by atoms with Crippen LogP contribution >= 0.6 is 0 Å². The van der Waals surface area contributed by atoms with Gasteiger partial charge in [0.25, 0.3) is 0 Å². The Morgan fingerprint density at radius 1 is 0.789 bits per heavy atom. The van der Waals surface area contributed by atoms with Crippen molar-refractivity contribution in [3.63, 3.8) is 0 Å². The van der Waals surface area contributed by atoms with Gasteiger partial charge in [0.2, 0.25) is 0 Å². The molecule has 106 valence electrons. The van der Waals surface area contributed by atoms with E-state index in [9.17, 15) is 0 Å². The van der Waals surface area contributed by atoms with Gasteiger partial charge in [0.1, 0.15) is 0 Å². The molecular formula is C19H30. The monoisotopic (exact) mass is 258 g/mol. The molecule has 0 nitrogen and oxygen atoms in total. The first-order valence-corrected chi connectivity index (χ1v) is 9.09. The van der Waals surface area contributed by atoms with Crippen LogP contribution in [0.3, 0.4) is 0 Å². The molecule has 0 aromatic rings. The van der Waals surface area contributed by atoms with Crippen LogP contribution in [-0.2, 0) is 0 Å². The smallest absolute Gasteiger partial charge is 0.0209 e. The number of rotatable bonds is 0. The molecule has 0 heterocycles. The van der Waals surface area contributed by atoms with Crippen LogP contribution in [0.2, 0.25) is 0 Å². The van der Waals surface area contributed by atoms with Gasteiger partial charge in [0, 0.05) is 0 Å². The van der Waals surface area contributed by atoms with Gasteiger partial charge in [-0.25, -0.2) is 0 Å². The predicted octanol–water partition coefficient (Wildman–Crippen LogP) is 5.42. The molecule has 0 N–H and O–H groups in total. The minimum absolute atomic E-state index is 0.754. The molecule has 0 aromatic carbocycles. The van der Waals surface area contributed by atoms with Gasteiger partial charge in [0.05, 0.1) is 0 Å². The summed E-state index contributed by atoms with van der Waals surface area (Å²) in [5.74, 6) is 4.51. The third kappa shape index (κ3) is 1.16. The molecule has 0 radical (unpaired) electrons. The Hall–Kier alpha value is 0. The number of hydrogen-bond donors (Lipinski definition) is 0. The van der Waals surface area contributed by atoms with Gasteiger partial charge in [-0.15, -0.1) is 0 Å². The summed E-state index contributed by atoms with van der Waals surface area (Å²) < 4.78 is 0. The van der Waals surface area contributed by atoms with Gasteiger partial charge in [0.15, 0.2) is 0 Å². The first-order valence-electron chi connectivity index (χ1n) is 9.09. The number of hydrogen-bond acceptors (Lipinski definition) is 0. The van der Waals surface area contributed by atoms with Crippen molar-refractivity contribution < 1.29 is 0 Å². The highest BCUT2D eigenvalue weighted by molar-refractivity contribution is 5.22. The van der Waals surface area contributed by atoms with E-state index in [1.54, 1.807) is 57.8 Å². The summed E-state index contributed by atoms with van der Waals surface area (Å²) >= 11 is 0. The van der Waals surface area contributed by atoms with Crippen LogP contribution in [0.5, 0.6) is 0 Å². The summed E-state index contributed by atoms with van der Waals surface area (Å²) in [7, 11) is 0. The van der Waals surface area contributed by atoms with E-state index in [1.165, 1.54) is 6.42 Å². The maximum absolute atomic E-state index is 2.73. The topological polar surface area (TPSA) is 0 Å². The molecule has 5 fully saturated rings. The second kappa shape index (κ2) is 3.25. The summed E-state index contributed by atoms with van der Waals surface area (Å²) in [4.78, 5) is 0. The van der Waals surface area contributed by atoms with E-state index in [0.29, 0.717) is 0 Å². The van der Waals surface area contributed by atoms with Gasteiger partial charge in [-0.05, 0) is 97.7 Å². The lowest BCUT2D eigenvalue weighted by Gasteiger charge is -2.58. The minimum Gasteiger partial charge on any atom is -0.0594 e. The first-order chi connectivity index (χ1) is 9.09. The standard InChI is InChI=1S/C19H30/c1-17-8-3-4-15(17)14-6-11-19-12-13(19)5-10-18(19,2)16(14)7-9-17/h13-16H,3-12H2,1-2H3/t13?,14-,15-,16-,17-,18+,19?/m0/s1. The molecule has 5 aliphatic carbocycles. The third-order valence-corrected chi connectivity index (χ3v) is 9.34. The molecule has 0 amide bonds. The van der Waals surface area contributed by atoms with Crippen molar-refractivity contribution in [3.8, 4) is 0 Å². The molecule has 0 aromatic heterocycles. The van der Waals surface area contributed by atoms with Crippen LogP contribution in [0.4, 0.5) is 0 Å². The molecule has 0 aliphatic heterocycles. The normalized spacial score (nSPS) is 66.0. The molecule has 1 spiro atoms. The van der Waals surface area contributed by atoms with E-state index in [4.69, 9.17) is 0 Å². The largest absolute Gasteiger partial charge is 0.0594 e. The third-order valence-electron chi connectivity index (χ3n) is 9.34. The minimum atomic E-state index is 0.754. The average molecular weight is 258 g/mol. The zero-order chi connectivity index (χ0) is 12.9. The Labute approximate surface area is 118 Å². The Morgan fingerprint density at radius 3 is 2.53 bits per heavy atom. The molecule has 5 rings (SSSR count). The lowest BCUT2D eigenvalue weighted by molar-refractivity contribution is -0.0906. The quantitative estimate of drug-likeness (QED) is 0.544. The van der Waals surface area contributed by atoms with Gasteiger partial charge >= 0.3 is 0 Å². The lowest BCUT2D eigenvalue weighted by Crippen LogP contribution is -2.50. The fourth-order valence-corrected chi connectivity index (χ4v) is 8.23. The van der Waals surface area contributed by atoms with Crippen LogP contribution in [-0.4, -0.2) is 0 Å². The van der Waals surface area contributed by atoms with Crippen LogP contribution in [0.1, 0.15) is 78.1 Å². The highest BCUT2D eigenvalue weighted by atomic mass is 14.8. The van der Waals surface area contributed by atoms with Crippen molar-refractivity contribution in [2.75, 3.05) is 0 Å². The van der Waals surface area contributed by atoms with Crippen molar-refractivity contribution >= 4 is 0 Å². The van der Waals surface area contributed by atoms with Gasteiger partial charge in [-0.1, -0.05) is 20.3 Å². The summed E-state index contributed by atoms with van der Waals surface area (Å²) in [5.41, 5.74) is 2.38. The Balaban J connectivity index is 1.53. The predicted molar refractivity (Wildman–Crippen MR) is 78.8 cm³/mol. The fourth-order valence-electron chi connectivity index (χ4n) is 8.23. The van der Waals surface area contributed by atoms with E-state index in [0.717, 1.165) is 39.9 Å². The summed E-state index contributed by atoms with van der Waals surface area (Å²) in [6, 6.07) is 0. The van der Waals surface area contributed by atoms with Crippen molar-refractivity contribution in [3.05, 3.63) is 0 Å². The number of fused-ring (bicyclic) bond motifs is 4. The maximum atomic E-state index is 2.73. The Kier molecular flexibility index (Phi) is 1.99. The van der Waals surface area contributed by atoms with E-state index in [2.05, 4.69) is 13.8 Å². The van der Waals surface area contributed by atoms with Crippen molar-refractivity contribution in [1.82, 2.24) is 0 Å². The lowest BCUT2D eigenvalue weighted by atomic mass is 9.47. The maximum Gasteiger partial charge on any atom is -0.0209 e. The fraction of sp³-hybridized carbons (Fsp3) is 1.00. The van der Waals surface area contributed by atoms with E-state index in [1.807, 2.05) is 0 Å². The van der Waals surface area contributed by atoms with Gasteiger partial charge in [-0.3, -0.25) is 0 Å². The van der Waals surface area contributed by atoms with E-state index >= 15 is 0 Å². The van der Waals surface area contributed by atoms with Crippen LogP contribution in [0.15, 0.2) is 0 Å². The molecule has 0 heteroatoms. The van der Waals surface area contributed by atoms with Crippen molar-refractivity contribution in [2.24, 2.45) is 39.9 Å². The highest BCUT2D eigenvalue weighted by Crippen LogP contribution is 2.81. The Bertz CT molecular complexity index is 426. The average Bonchev–Trinajstić information content (AvgIpc) is 2.83. The van der Waals surface area contributed by atoms with Crippen LogP contribution in [0.25, 0.3) is 0 Å². The Morgan fingerprint density at radius 2 is 1.68 bits per heavy atom. The SMILES string of the molecule is C[C@@]12CCC[C@H]1[C@@H]1CCC34CC3CC[C@]4(C)[C@H]1CC2. The molecule has 5 aliphatic rings. The summed E-state index contributed by atoms with van der Waals surface area (Å²) in [6.07, 6.45) is 15.8. The zero-order valence-electron chi connectivity index (χ0n) is 12.9. The highest BCUT2D eigenvalue weighted by Gasteiger charge is 2.73. The molecule has 0 saturated heterocycles. The van der Waals surface area contributed by atoms with Crippen molar-refractivity contribution in [1.29, 1.82) is 0 Å².